The molecule has 0 radical (unpaired) electrons. The van der Waals surface area contributed by atoms with Crippen molar-refractivity contribution in [3.63, 3.8) is 0 Å². The van der Waals surface area contributed by atoms with Crippen LogP contribution in [0.5, 0.6) is 0 Å². The average molecular weight is 522 g/mol. The molecule has 3 aromatic heterocycles. The number of aromatic nitrogens is 4. The van der Waals surface area contributed by atoms with E-state index >= 15 is 0 Å². The molecule has 1 saturated heterocycles. The van der Waals surface area contributed by atoms with E-state index in [0.717, 1.165) is 96.2 Å². The summed E-state index contributed by atoms with van der Waals surface area (Å²) in [7, 11) is 0. The van der Waals surface area contributed by atoms with Gasteiger partial charge in [0.2, 0.25) is 0 Å². The van der Waals surface area contributed by atoms with E-state index in [-0.39, 0.29) is 6.61 Å². The van der Waals surface area contributed by atoms with Crippen LogP contribution in [-0.4, -0.2) is 74.0 Å². The van der Waals surface area contributed by atoms with Crippen LogP contribution in [-0.2, 0) is 13.1 Å². The standard InChI is InChI=1S/C31H35N7O/c1-2-38-21-28(30(35-38)24-7-9-25(32)10-8-24)26-11-12-33-31-27(26)19-29(34-31)23-5-3-22(4-6-23)20-37-15-13-36(14-16-37)17-18-39/h3-12,19,21,39H,2,13-18,20,32H2,1H3,(H,33,34). The molecule has 0 unspecified atom stereocenters. The zero-order valence-corrected chi connectivity index (χ0v) is 22.3. The van der Waals surface area contributed by atoms with Gasteiger partial charge >= 0.3 is 0 Å². The zero-order valence-electron chi connectivity index (χ0n) is 22.3. The van der Waals surface area contributed by atoms with Gasteiger partial charge in [-0.3, -0.25) is 14.5 Å². The van der Waals surface area contributed by atoms with Gasteiger partial charge in [-0.2, -0.15) is 5.10 Å². The Labute approximate surface area is 228 Å². The number of H-pyrrole nitrogens is 1. The molecule has 0 saturated carbocycles. The number of pyridine rings is 1. The normalized spacial score (nSPS) is 14.8. The third-order valence-electron chi connectivity index (χ3n) is 7.64. The highest BCUT2D eigenvalue weighted by molar-refractivity contribution is 5.99. The van der Waals surface area contributed by atoms with Gasteiger partial charge in [0.15, 0.2) is 0 Å². The van der Waals surface area contributed by atoms with Gasteiger partial charge in [-0.1, -0.05) is 36.4 Å². The van der Waals surface area contributed by atoms with Crippen LogP contribution in [0.2, 0.25) is 0 Å². The van der Waals surface area contributed by atoms with Crippen LogP contribution in [0.1, 0.15) is 12.5 Å². The number of hydrogen-bond acceptors (Lipinski definition) is 6. The fourth-order valence-electron chi connectivity index (χ4n) is 5.41. The number of fused-ring (bicyclic) bond motifs is 1. The van der Waals surface area contributed by atoms with Crippen molar-refractivity contribution >= 4 is 16.7 Å². The van der Waals surface area contributed by atoms with Crippen molar-refractivity contribution in [2.24, 2.45) is 0 Å². The molecule has 200 valence electrons. The molecule has 5 aromatic rings. The molecule has 8 nitrogen and oxygen atoms in total. The Hall–Kier alpha value is -3.98. The molecule has 0 spiro atoms. The zero-order chi connectivity index (χ0) is 26.8. The lowest BCUT2D eigenvalue weighted by molar-refractivity contribution is 0.108. The van der Waals surface area contributed by atoms with Gasteiger partial charge in [0.25, 0.3) is 0 Å². The lowest BCUT2D eigenvalue weighted by atomic mass is 10.00. The topological polar surface area (TPSA) is 99.2 Å². The van der Waals surface area contributed by atoms with E-state index in [9.17, 15) is 0 Å². The predicted molar refractivity (Wildman–Crippen MR) is 157 cm³/mol. The van der Waals surface area contributed by atoms with Crippen LogP contribution < -0.4 is 5.73 Å². The summed E-state index contributed by atoms with van der Waals surface area (Å²) in [4.78, 5) is 13.0. The lowest BCUT2D eigenvalue weighted by Crippen LogP contribution is -2.46. The van der Waals surface area contributed by atoms with Crippen molar-refractivity contribution in [2.75, 3.05) is 45.1 Å². The van der Waals surface area contributed by atoms with Crippen LogP contribution in [0.3, 0.4) is 0 Å². The molecule has 4 N–H and O–H groups in total. The van der Waals surface area contributed by atoms with E-state index in [1.165, 1.54) is 5.56 Å². The fraction of sp³-hybridized carbons (Fsp3) is 0.290. The number of nitrogens with one attached hydrogen (secondary N) is 1. The summed E-state index contributed by atoms with van der Waals surface area (Å²) in [5.74, 6) is 0. The van der Waals surface area contributed by atoms with E-state index in [4.69, 9.17) is 15.9 Å². The molecule has 1 fully saturated rings. The average Bonchev–Trinajstić information content (AvgIpc) is 3.60. The molecule has 1 aliphatic heterocycles. The number of aliphatic hydroxyl groups excluding tert-OH is 1. The molecule has 0 bridgehead atoms. The molecule has 2 aromatic carbocycles. The Morgan fingerprint density at radius 3 is 2.33 bits per heavy atom. The molecule has 6 rings (SSSR count). The summed E-state index contributed by atoms with van der Waals surface area (Å²) in [6, 6.07) is 21.0. The third kappa shape index (κ3) is 5.31. The summed E-state index contributed by atoms with van der Waals surface area (Å²) >= 11 is 0. The van der Waals surface area contributed by atoms with Crippen molar-refractivity contribution in [2.45, 2.75) is 20.0 Å². The number of aliphatic hydroxyl groups is 1. The number of nitrogens with two attached hydrogens (primary N) is 1. The second-order valence-electron chi connectivity index (χ2n) is 10.2. The molecular weight excluding hydrogens is 486 g/mol. The SMILES string of the molecule is CCn1cc(-c2ccnc3[nH]c(-c4ccc(CN5CCN(CCO)CC5)cc4)cc23)c(-c2ccc(N)cc2)n1. The molecule has 1 aliphatic rings. The predicted octanol–water partition coefficient (Wildman–Crippen LogP) is 4.47. The number of nitrogens with zero attached hydrogens (tertiary/aromatic N) is 5. The number of benzene rings is 2. The number of aryl methyl sites for hydroxylation is 1. The third-order valence-corrected chi connectivity index (χ3v) is 7.64. The van der Waals surface area contributed by atoms with Gasteiger partial charge in [0.1, 0.15) is 11.3 Å². The number of hydrogen-bond donors (Lipinski definition) is 3. The maximum absolute atomic E-state index is 9.17. The monoisotopic (exact) mass is 521 g/mol. The minimum atomic E-state index is 0.234. The highest BCUT2D eigenvalue weighted by Crippen LogP contribution is 2.37. The fourth-order valence-corrected chi connectivity index (χ4v) is 5.41. The molecule has 4 heterocycles. The van der Waals surface area contributed by atoms with Crippen molar-refractivity contribution in [3.8, 4) is 33.6 Å². The van der Waals surface area contributed by atoms with E-state index < -0.39 is 0 Å². The number of aromatic amines is 1. The van der Waals surface area contributed by atoms with Gasteiger partial charge in [-0.05, 0) is 47.9 Å². The first-order valence-electron chi connectivity index (χ1n) is 13.7. The van der Waals surface area contributed by atoms with Crippen LogP contribution in [0, 0.1) is 0 Å². The Balaban J connectivity index is 1.26. The summed E-state index contributed by atoms with van der Waals surface area (Å²) in [6.45, 7) is 8.93. The van der Waals surface area contributed by atoms with Crippen molar-refractivity contribution in [3.05, 3.63) is 78.6 Å². The number of piperazine rings is 1. The summed E-state index contributed by atoms with van der Waals surface area (Å²) in [5.41, 5.74) is 15.2. The van der Waals surface area contributed by atoms with Crippen molar-refractivity contribution in [1.82, 2.24) is 29.5 Å². The molecular formula is C31H35N7O. The number of β-amino-alcohol motifs (C(OH)–C–C–N with tert-alkyl or cyclic N) is 1. The molecule has 8 heteroatoms. The maximum Gasteiger partial charge on any atom is 0.138 e. The number of nitrogen functional groups attached to an aromatic ring is 1. The number of anilines is 1. The molecule has 0 amide bonds. The first kappa shape index (κ1) is 25.3. The largest absolute Gasteiger partial charge is 0.399 e. The lowest BCUT2D eigenvalue weighted by Gasteiger charge is -2.34. The van der Waals surface area contributed by atoms with Crippen molar-refractivity contribution < 1.29 is 5.11 Å². The second kappa shape index (κ2) is 11.0. The Kier molecular flexibility index (Phi) is 7.15. The molecule has 0 atom stereocenters. The van der Waals surface area contributed by atoms with Gasteiger partial charge in [0.05, 0.1) is 6.61 Å². The summed E-state index contributed by atoms with van der Waals surface area (Å²) < 4.78 is 1.98. The van der Waals surface area contributed by atoms with Crippen molar-refractivity contribution in [1.29, 1.82) is 0 Å². The Morgan fingerprint density at radius 2 is 1.62 bits per heavy atom. The minimum absolute atomic E-state index is 0.234. The van der Waals surface area contributed by atoms with Gasteiger partial charge in [0, 0.05) is 86.1 Å². The van der Waals surface area contributed by atoms with Crippen LogP contribution in [0.4, 0.5) is 5.69 Å². The first-order chi connectivity index (χ1) is 19.1. The van der Waals surface area contributed by atoms with Crippen LogP contribution in [0.15, 0.2) is 73.1 Å². The minimum Gasteiger partial charge on any atom is -0.399 e. The molecule has 39 heavy (non-hydrogen) atoms. The molecule has 0 aliphatic carbocycles. The van der Waals surface area contributed by atoms with Gasteiger partial charge in [-0.15, -0.1) is 0 Å². The van der Waals surface area contributed by atoms with E-state index in [1.54, 1.807) is 0 Å². The Morgan fingerprint density at radius 1 is 0.897 bits per heavy atom. The first-order valence-corrected chi connectivity index (χ1v) is 13.7. The highest BCUT2D eigenvalue weighted by atomic mass is 16.3. The maximum atomic E-state index is 9.17. The Bertz CT molecular complexity index is 1540. The second-order valence-corrected chi connectivity index (χ2v) is 10.2. The van der Waals surface area contributed by atoms with Gasteiger partial charge < -0.3 is 15.8 Å². The smallest absolute Gasteiger partial charge is 0.138 e. The van der Waals surface area contributed by atoms with Gasteiger partial charge in [-0.25, -0.2) is 4.98 Å². The van der Waals surface area contributed by atoms with E-state index in [2.05, 4.69) is 69.3 Å². The summed E-state index contributed by atoms with van der Waals surface area (Å²) in [6.07, 6.45) is 3.98. The quantitative estimate of drug-likeness (QED) is 0.261. The highest BCUT2D eigenvalue weighted by Gasteiger charge is 2.18. The number of rotatable bonds is 8. The summed E-state index contributed by atoms with van der Waals surface area (Å²) in [5, 5.41) is 15.1. The van der Waals surface area contributed by atoms with E-state index in [0.29, 0.717) is 0 Å². The van der Waals surface area contributed by atoms with Crippen LogP contribution >= 0.6 is 0 Å². The van der Waals surface area contributed by atoms with E-state index in [1.807, 2.05) is 35.1 Å². The van der Waals surface area contributed by atoms with Crippen LogP contribution in [0.25, 0.3) is 44.7 Å².